The van der Waals surface area contributed by atoms with Gasteiger partial charge in [-0.3, -0.25) is 5.32 Å². The van der Waals surface area contributed by atoms with Crippen molar-refractivity contribution in [3.63, 3.8) is 0 Å². The normalized spacial score (nSPS) is 16.2. The van der Waals surface area contributed by atoms with E-state index in [1.165, 1.54) is 11.3 Å². The van der Waals surface area contributed by atoms with Crippen LogP contribution in [-0.4, -0.2) is 36.1 Å². The minimum Gasteiger partial charge on any atom is -0.497 e. The third kappa shape index (κ3) is 3.10. The summed E-state index contributed by atoms with van der Waals surface area (Å²) in [4.78, 5) is 18.5. The Bertz CT molecular complexity index is 647. The zero-order chi connectivity index (χ0) is 14.8. The smallest absolute Gasteiger partial charge is 0.323 e. The largest absolute Gasteiger partial charge is 0.497 e. The van der Waals surface area contributed by atoms with E-state index >= 15 is 0 Å². The highest BCUT2D eigenvalue weighted by molar-refractivity contribution is 7.22. The molecule has 1 aromatic heterocycles. The van der Waals surface area contributed by atoms with Gasteiger partial charge >= 0.3 is 6.03 Å². The first-order chi connectivity index (χ1) is 10.2. The molecule has 1 fully saturated rings. The number of nitrogens with one attached hydrogen (secondary N) is 1. The first-order valence-corrected chi connectivity index (χ1v) is 7.98. The Balaban J connectivity index is 1.71. The van der Waals surface area contributed by atoms with Crippen LogP contribution in [0, 0.1) is 5.92 Å². The van der Waals surface area contributed by atoms with E-state index in [-0.39, 0.29) is 6.03 Å². The molecule has 112 valence electrons. The Labute approximate surface area is 127 Å². The summed E-state index contributed by atoms with van der Waals surface area (Å²) >= 11 is 1.47. The molecule has 1 saturated heterocycles. The molecule has 1 aliphatic heterocycles. The lowest BCUT2D eigenvalue weighted by atomic mass is 10.00. The molecular weight excluding hydrogens is 286 g/mol. The standard InChI is InChI=1S/C15H19N3O2S/c1-10-5-7-18(8-6-10)15(19)17-14-16-12-4-3-11(20-2)9-13(12)21-14/h3-4,9-10H,5-8H2,1-2H3,(H,16,17,19). The van der Waals surface area contributed by atoms with Crippen LogP contribution in [-0.2, 0) is 0 Å². The topological polar surface area (TPSA) is 54.5 Å². The average Bonchev–Trinajstić information content (AvgIpc) is 2.88. The van der Waals surface area contributed by atoms with Crippen molar-refractivity contribution >= 4 is 32.7 Å². The number of urea groups is 1. The third-order valence-corrected chi connectivity index (χ3v) is 4.81. The van der Waals surface area contributed by atoms with E-state index in [0.717, 1.165) is 41.9 Å². The molecule has 1 aromatic carbocycles. The van der Waals surface area contributed by atoms with Gasteiger partial charge in [-0.1, -0.05) is 18.3 Å². The molecule has 0 unspecified atom stereocenters. The zero-order valence-electron chi connectivity index (χ0n) is 12.3. The van der Waals surface area contributed by atoms with Crippen molar-refractivity contribution in [2.45, 2.75) is 19.8 Å². The number of benzene rings is 1. The molecule has 2 heterocycles. The van der Waals surface area contributed by atoms with Crippen molar-refractivity contribution in [3.8, 4) is 5.75 Å². The number of anilines is 1. The summed E-state index contributed by atoms with van der Waals surface area (Å²) in [6, 6.07) is 5.67. The molecule has 3 rings (SSSR count). The van der Waals surface area contributed by atoms with Gasteiger partial charge in [-0.15, -0.1) is 0 Å². The van der Waals surface area contributed by atoms with E-state index in [9.17, 15) is 4.79 Å². The molecule has 5 nitrogen and oxygen atoms in total. The number of rotatable bonds is 2. The van der Waals surface area contributed by atoms with Crippen molar-refractivity contribution in [1.82, 2.24) is 9.88 Å². The number of piperidine rings is 1. The summed E-state index contributed by atoms with van der Waals surface area (Å²) in [5.41, 5.74) is 0.878. The van der Waals surface area contributed by atoms with Gasteiger partial charge in [0.15, 0.2) is 5.13 Å². The van der Waals surface area contributed by atoms with Gasteiger partial charge in [-0.2, -0.15) is 0 Å². The first kappa shape index (κ1) is 14.1. The number of carbonyl (C=O) groups is 1. The maximum absolute atomic E-state index is 12.2. The number of ether oxygens (including phenoxy) is 1. The lowest BCUT2D eigenvalue weighted by molar-refractivity contribution is 0.186. The Kier molecular flexibility index (Phi) is 3.96. The Morgan fingerprint density at radius 1 is 1.43 bits per heavy atom. The molecule has 6 heteroatoms. The number of carbonyl (C=O) groups excluding carboxylic acids is 1. The van der Waals surface area contributed by atoms with E-state index in [2.05, 4.69) is 17.2 Å². The molecule has 0 radical (unpaired) electrons. The molecular formula is C15H19N3O2S. The summed E-state index contributed by atoms with van der Waals surface area (Å²) in [5.74, 6) is 1.51. The van der Waals surface area contributed by atoms with Gasteiger partial charge in [0.1, 0.15) is 5.75 Å². The highest BCUT2D eigenvalue weighted by Crippen LogP contribution is 2.29. The van der Waals surface area contributed by atoms with Crippen molar-refractivity contribution in [2.75, 3.05) is 25.5 Å². The quantitative estimate of drug-likeness (QED) is 0.923. The Morgan fingerprint density at radius 3 is 2.90 bits per heavy atom. The van der Waals surface area contributed by atoms with Gasteiger partial charge in [-0.25, -0.2) is 9.78 Å². The molecule has 21 heavy (non-hydrogen) atoms. The third-order valence-electron chi connectivity index (χ3n) is 3.88. The van der Waals surface area contributed by atoms with Crippen LogP contribution < -0.4 is 10.1 Å². The second-order valence-corrected chi connectivity index (χ2v) is 6.48. The number of likely N-dealkylation sites (tertiary alicyclic amines) is 1. The molecule has 0 atom stereocenters. The lowest BCUT2D eigenvalue weighted by Gasteiger charge is -2.29. The number of nitrogens with zero attached hydrogens (tertiary/aromatic N) is 2. The predicted molar refractivity (Wildman–Crippen MR) is 85.2 cm³/mol. The fourth-order valence-corrected chi connectivity index (χ4v) is 3.35. The minimum atomic E-state index is -0.0482. The Hall–Kier alpha value is -1.82. The van der Waals surface area contributed by atoms with Crippen LogP contribution in [0.5, 0.6) is 5.75 Å². The van der Waals surface area contributed by atoms with Gasteiger partial charge in [-0.05, 0) is 37.0 Å². The minimum absolute atomic E-state index is 0.0482. The summed E-state index contributed by atoms with van der Waals surface area (Å²) in [7, 11) is 1.64. The highest BCUT2D eigenvalue weighted by Gasteiger charge is 2.21. The monoisotopic (exact) mass is 305 g/mol. The molecule has 0 bridgehead atoms. The van der Waals surface area contributed by atoms with Crippen molar-refractivity contribution in [1.29, 1.82) is 0 Å². The van der Waals surface area contributed by atoms with Gasteiger partial charge in [0.25, 0.3) is 0 Å². The van der Waals surface area contributed by atoms with Crippen LogP contribution in [0.3, 0.4) is 0 Å². The number of fused-ring (bicyclic) bond motifs is 1. The van der Waals surface area contributed by atoms with Crippen LogP contribution in [0.4, 0.5) is 9.93 Å². The maximum Gasteiger partial charge on any atom is 0.323 e. The van der Waals surface area contributed by atoms with Crippen molar-refractivity contribution < 1.29 is 9.53 Å². The fourth-order valence-electron chi connectivity index (χ4n) is 2.47. The number of methoxy groups -OCH3 is 1. The summed E-state index contributed by atoms with van der Waals surface area (Å²) in [6.07, 6.45) is 2.15. The Morgan fingerprint density at radius 2 is 2.19 bits per heavy atom. The van der Waals surface area contributed by atoms with Crippen LogP contribution in [0.1, 0.15) is 19.8 Å². The fraction of sp³-hybridized carbons (Fsp3) is 0.467. The van der Waals surface area contributed by atoms with Gasteiger partial charge in [0.05, 0.1) is 17.3 Å². The summed E-state index contributed by atoms with van der Waals surface area (Å²) < 4.78 is 6.21. The SMILES string of the molecule is COc1ccc2nc(NC(=O)N3CCC(C)CC3)sc2c1. The van der Waals surface area contributed by atoms with E-state index in [1.807, 2.05) is 23.1 Å². The van der Waals surface area contributed by atoms with E-state index in [1.54, 1.807) is 7.11 Å². The molecule has 2 amide bonds. The van der Waals surface area contributed by atoms with Gasteiger partial charge in [0.2, 0.25) is 0 Å². The molecule has 0 spiro atoms. The van der Waals surface area contributed by atoms with Gasteiger partial charge in [0, 0.05) is 13.1 Å². The second-order valence-electron chi connectivity index (χ2n) is 5.45. The van der Waals surface area contributed by atoms with Crippen LogP contribution >= 0.6 is 11.3 Å². The van der Waals surface area contributed by atoms with E-state index < -0.39 is 0 Å². The number of hydrogen-bond acceptors (Lipinski definition) is 4. The number of thiazole rings is 1. The molecule has 1 N–H and O–H groups in total. The number of aromatic nitrogens is 1. The second kappa shape index (κ2) is 5.89. The highest BCUT2D eigenvalue weighted by atomic mass is 32.1. The summed E-state index contributed by atoms with van der Waals surface area (Å²) in [6.45, 7) is 3.88. The number of amides is 2. The first-order valence-electron chi connectivity index (χ1n) is 7.16. The van der Waals surface area contributed by atoms with Crippen LogP contribution in [0.15, 0.2) is 18.2 Å². The summed E-state index contributed by atoms with van der Waals surface area (Å²) in [5, 5.41) is 3.55. The molecule has 2 aromatic rings. The predicted octanol–water partition coefficient (Wildman–Crippen LogP) is 3.57. The molecule has 0 saturated carbocycles. The lowest BCUT2D eigenvalue weighted by Crippen LogP contribution is -2.40. The van der Waals surface area contributed by atoms with Crippen molar-refractivity contribution in [2.24, 2.45) is 5.92 Å². The number of hydrogen-bond donors (Lipinski definition) is 1. The molecule has 0 aliphatic carbocycles. The van der Waals surface area contributed by atoms with Gasteiger partial charge < -0.3 is 9.64 Å². The zero-order valence-corrected chi connectivity index (χ0v) is 13.1. The van der Waals surface area contributed by atoms with Crippen LogP contribution in [0.25, 0.3) is 10.2 Å². The average molecular weight is 305 g/mol. The van der Waals surface area contributed by atoms with Crippen LogP contribution in [0.2, 0.25) is 0 Å². The maximum atomic E-state index is 12.2. The van der Waals surface area contributed by atoms with E-state index in [4.69, 9.17) is 4.74 Å². The molecule has 1 aliphatic rings. The van der Waals surface area contributed by atoms with Crippen molar-refractivity contribution in [3.05, 3.63) is 18.2 Å². The van der Waals surface area contributed by atoms with E-state index in [0.29, 0.717) is 11.0 Å².